The minimum absolute atomic E-state index is 0.784. The highest BCUT2D eigenvalue weighted by Gasteiger charge is 2.01. The molecule has 2 N–H and O–H groups in total. The highest BCUT2D eigenvalue weighted by atomic mass is 14.6. The van der Waals surface area contributed by atoms with Crippen LogP contribution in [-0.2, 0) is 0 Å². The zero-order chi connectivity index (χ0) is 13.1. The highest BCUT2D eigenvalue weighted by molar-refractivity contribution is 5.73. The Morgan fingerprint density at radius 1 is 0.684 bits per heavy atom. The molecule has 0 aliphatic rings. The molecule has 2 heteroatoms. The minimum Gasteiger partial charge on any atom is -0.399 e. The molecule has 3 aromatic rings. The van der Waals surface area contributed by atoms with E-state index in [9.17, 15) is 0 Å². The van der Waals surface area contributed by atoms with Crippen LogP contribution in [0.1, 0.15) is 0 Å². The molecule has 0 spiro atoms. The second kappa shape index (κ2) is 4.94. The molecule has 0 bridgehead atoms. The summed E-state index contributed by atoms with van der Waals surface area (Å²) in [6, 6.07) is 20.4. The maximum atomic E-state index is 5.72. The summed E-state index contributed by atoms with van der Waals surface area (Å²) in [6.07, 6.45) is 3.66. The van der Waals surface area contributed by atoms with Crippen LogP contribution < -0.4 is 5.73 Å². The number of aromatic nitrogens is 1. The summed E-state index contributed by atoms with van der Waals surface area (Å²) in [7, 11) is 0. The molecular formula is C17H14N2. The van der Waals surface area contributed by atoms with E-state index >= 15 is 0 Å². The van der Waals surface area contributed by atoms with Gasteiger partial charge in [0.1, 0.15) is 0 Å². The Kier molecular flexibility index (Phi) is 2.99. The van der Waals surface area contributed by atoms with Gasteiger partial charge in [0, 0.05) is 23.6 Å². The van der Waals surface area contributed by atoms with Crippen LogP contribution in [0.15, 0.2) is 73.1 Å². The van der Waals surface area contributed by atoms with E-state index in [-0.39, 0.29) is 0 Å². The molecule has 1 aromatic heterocycles. The molecule has 1 heterocycles. The SMILES string of the molecule is Nc1ccc(-c2cccc(-c3cccnc3)c2)cc1. The van der Waals surface area contributed by atoms with Gasteiger partial charge in [-0.1, -0.05) is 36.4 Å². The Balaban J connectivity index is 2.03. The molecule has 0 saturated carbocycles. The molecule has 0 amide bonds. The third-order valence-corrected chi connectivity index (χ3v) is 3.10. The number of hydrogen-bond donors (Lipinski definition) is 1. The van der Waals surface area contributed by atoms with Gasteiger partial charge in [-0.2, -0.15) is 0 Å². The third kappa shape index (κ3) is 2.47. The first-order valence-corrected chi connectivity index (χ1v) is 6.19. The molecule has 2 aromatic carbocycles. The van der Waals surface area contributed by atoms with Crippen molar-refractivity contribution in [3.05, 3.63) is 73.1 Å². The number of benzene rings is 2. The van der Waals surface area contributed by atoms with Gasteiger partial charge in [-0.3, -0.25) is 4.98 Å². The Morgan fingerprint density at radius 2 is 1.37 bits per heavy atom. The lowest BCUT2D eigenvalue weighted by atomic mass is 10.00. The molecule has 0 fully saturated rings. The Bertz CT molecular complexity index is 673. The molecule has 0 radical (unpaired) electrons. The van der Waals surface area contributed by atoms with Gasteiger partial charge in [-0.25, -0.2) is 0 Å². The first-order valence-electron chi connectivity index (χ1n) is 6.19. The molecule has 0 atom stereocenters. The summed E-state index contributed by atoms with van der Waals surface area (Å²) in [5, 5.41) is 0. The smallest absolute Gasteiger partial charge is 0.0346 e. The van der Waals surface area contributed by atoms with Crippen molar-refractivity contribution in [1.82, 2.24) is 4.98 Å². The number of nitrogens with zero attached hydrogens (tertiary/aromatic N) is 1. The van der Waals surface area contributed by atoms with Crippen molar-refractivity contribution < 1.29 is 0 Å². The molecule has 2 nitrogen and oxygen atoms in total. The van der Waals surface area contributed by atoms with E-state index < -0.39 is 0 Å². The average Bonchev–Trinajstić information content (AvgIpc) is 2.49. The summed E-state index contributed by atoms with van der Waals surface area (Å²) >= 11 is 0. The number of pyridine rings is 1. The Hall–Kier alpha value is -2.61. The van der Waals surface area contributed by atoms with Gasteiger partial charge in [0.2, 0.25) is 0 Å². The second-order valence-corrected chi connectivity index (χ2v) is 4.44. The van der Waals surface area contributed by atoms with Gasteiger partial charge in [0.25, 0.3) is 0 Å². The number of hydrogen-bond acceptors (Lipinski definition) is 2. The fourth-order valence-electron chi connectivity index (χ4n) is 2.09. The van der Waals surface area contributed by atoms with Gasteiger partial charge >= 0.3 is 0 Å². The van der Waals surface area contributed by atoms with Crippen LogP contribution in [0, 0.1) is 0 Å². The van der Waals surface area contributed by atoms with Gasteiger partial charge in [-0.05, 0) is 41.0 Å². The van der Waals surface area contributed by atoms with Crippen molar-refractivity contribution in [2.24, 2.45) is 0 Å². The van der Waals surface area contributed by atoms with E-state index in [1.807, 2.05) is 36.5 Å². The largest absolute Gasteiger partial charge is 0.399 e. The third-order valence-electron chi connectivity index (χ3n) is 3.10. The zero-order valence-electron chi connectivity index (χ0n) is 10.5. The van der Waals surface area contributed by atoms with Gasteiger partial charge in [0.15, 0.2) is 0 Å². The van der Waals surface area contributed by atoms with Crippen molar-refractivity contribution in [1.29, 1.82) is 0 Å². The van der Waals surface area contributed by atoms with E-state index in [4.69, 9.17) is 5.73 Å². The first kappa shape index (κ1) is 11.5. The molecular weight excluding hydrogens is 232 g/mol. The zero-order valence-corrected chi connectivity index (χ0v) is 10.5. The fourth-order valence-corrected chi connectivity index (χ4v) is 2.09. The predicted octanol–water partition coefficient (Wildman–Crippen LogP) is 4.00. The fraction of sp³-hybridized carbons (Fsp3) is 0. The van der Waals surface area contributed by atoms with Gasteiger partial charge in [-0.15, -0.1) is 0 Å². The predicted molar refractivity (Wildman–Crippen MR) is 79.5 cm³/mol. The van der Waals surface area contributed by atoms with Crippen molar-refractivity contribution in [3.8, 4) is 22.3 Å². The van der Waals surface area contributed by atoms with Crippen molar-refractivity contribution in [2.75, 3.05) is 5.73 Å². The van der Waals surface area contributed by atoms with Crippen LogP contribution in [0.4, 0.5) is 5.69 Å². The number of nitrogens with two attached hydrogens (primary N) is 1. The second-order valence-electron chi connectivity index (χ2n) is 4.44. The standard InChI is InChI=1S/C17H14N2/c18-17-8-6-13(7-9-17)14-3-1-4-15(11-14)16-5-2-10-19-12-16/h1-12H,18H2. The van der Waals surface area contributed by atoms with E-state index in [2.05, 4.69) is 35.3 Å². The van der Waals surface area contributed by atoms with Crippen molar-refractivity contribution in [3.63, 3.8) is 0 Å². The van der Waals surface area contributed by atoms with E-state index in [0.29, 0.717) is 0 Å². The molecule has 0 unspecified atom stereocenters. The number of anilines is 1. The molecule has 0 saturated heterocycles. The summed E-state index contributed by atoms with van der Waals surface area (Å²) < 4.78 is 0. The normalized spacial score (nSPS) is 10.3. The lowest BCUT2D eigenvalue weighted by molar-refractivity contribution is 1.33. The Labute approximate surface area is 112 Å². The van der Waals surface area contributed by atoms with E-state index in [1.54, 1.807) is 6.20 Å². The summed E-state index contributed by atoms with van der Waals surface area (Å²) in [4.78, 5) is 4.16. The number of nitrogen functional groups attached to an aromatic ring is 1. The van der Waals surface area contributed by atoms with Crippen molar-refractivity contribution >= 4 is 5.69 Å². The molecule has 19 heavy (non-hydrogen) atoms. The van der Waals surface area contributed by atoms with Gasteiger partial charge < -0.3 is 5.73 Å². The van der Waals surface area contributed by atoms with Crippen LogP contribution in [0.2, 0.25) is 0 Å². The number of rotatable bonds is 2. The maximum Gasteiger partial charge on any atom is 0.0346 e. The minimum atomic E-state index is 0.784. The Morgan fingerprint density at radius 3 is 2.05 bits per heavy atom. The molecule has 0 aliphatic heterocycles. The quantitative estimate of drug-likeness (QED) is 0.694. The first-order chi connectivity index (χ1) is 9.33. The monoisotopic (exact) mass is 246 g/mol. The van der Waals surface area contributed by atoms with Crippen LogP contribution >= 0.6 is 0 Å². The van der Waals surface area contributed by atoms with Crippen LogP contribution in [0.3, 0.4) is 0 Å². The van der Waals surface area contributed by atoms with E-state index in [0.717, 1.165) is 11.3 Å². The maximum absolute atomic E-state index is 5.72. The molecule has 92 valence electrons. The van der Waals surface area contributed by atoms with Crippen LogP contribution in [0.5, 0.6) is 0 Å². The van der Waals surface area contributed by atoms with Gasteiger partial charge in [0.05, 0.1) is 0 Å². The summed E-state index contributed by atoms with van der Waals surface area (Å²) in [5.74, 6) is 0. The summed E-state index contributed by atoms with van der Waals surface area (Å²) in [6.45, 7) is 0. The van der Waals surface area contributed by atoms with E-state index in [1.165, 1.54) is 16.7 Å². The molecule has 3 rings (SSSR count). The van der Waals surface area contributed by atoms with Crippen LogP contribution in [0.25, 0.3) is 22.3 Å². The molecule has 0 aliphatic carbocycles. The highest BCUT2D eigenvalue weighted by Crippen LogP contribution is 2.26. The lowest BCUT2D eigenvalue weighted by Gasteiger charge is -2.06. The van der Waals surface area contributed by atoms with Crippen LogP contribution in [-0.4, -0.2) is 4.98 Å². The topological polar surface area (TPSA) is 38.9 Å². The average molecular weight is 246 g/mol. The lowest BCUT2D eigenvalue weighted by Crippen LogP contribution is -1.85. The van der Waals surface area contributed by atoms with Crippen molar-refractivity contribution in [2.45, 2.75) is 0 Å². The summed E-state index contributed by atoms with van der Waals surface area (Å²) in [5.41, 5.74) is 11.1.